The van der Waals surface area contributed by atoms with E-state index in [-0.39, 0.29) is 18.1 Å². The standard InChI is InChI=1S/C22H27NO7/c1-11(2)19(21(26)27)23-16(24)10-28-15-9-14-13(6-7-22(4,5)30-14)20-18(15)12(3)8-17(25)29-20/h8-9,11,19H,6-7,10H2,1-5H3,(H,23,24)(H,26,27). The summed E-state index contributed by atoms with van der Waals surface area (Å²) < 4.78 is 17.3. The Hall–Kier alpha value is -3.03. The lowest BCUT2D eigenvalue weighted by Gasteiger charge is -2.33. The van der Waals surface area contributed by atoms with Crippen LogP contribution in [-0.2, 0) is 16.0 Å². The zero-order chi connectivity index (χ0) is 22.2. The molecule has 2 N–H and O–H groups in total. The number of amides is 1. The van der Waals surface area contributed by atoms with E-state index in [1.165, 1.54) is 6.07 Å². The van der Waals surface area contributed by atoms with Crippen LogP contribution in [-0.4, -0.2) is 35.2 Å². The molecule has 8 heteroatoms. The molecule has 0 fully saturated rings. The summed E-state index contributed by atoms with van der Waals surface area (Å²) in [5.74, 6) is -1.05. The topological polar surface area (TPSA) is 115 Å². The van der Waals surface area contributed by atoms with Crippen molar-refractivity contribution in [2.24, 2.45) is 5.92 Å². The fourth-order valence-corrected chi connectivity index (χ4v) is 3.61. The average Bonchev–Trinajstić information content (AvgIpc) is 2.62. The summed E-state index contributed by atoms with van der Waals surface area (Å²) >= 11 is 0. The Morgan fingerprint density at radius 3 is 2.63 bits per heavy atom. The van der Waals surface area contributed by atoms with Crippen molar-refractivity contribution in [3.63, 3.8) is 0 Å². The SMILES string of the molecule is Cc1cc(=O)oc2c3c(cc(OCC(=O)NC(C(=O)O)C(C)C)c12)OC(C)(C)CC3. The number of hydrogen-bond donors (Lipinski definition) is 2. The first-order chi connectivity index (χ1) is 14.0. The van der Waals surface area contributed by atoms with E-state index in [0.29, 0.717) is 34.5 Å². The molecule has 1 atom stereocenters. The molecule has 1 aromatic carbocycles. The molecule has 1 aliphatic heterocycles. The van der Waals surface area contributed by atoms with Gasteiger partial charge in [0, 0.05) is 17.7 Å². The molecule has 0 spiro atoms. The minimum Gasteiger partial charge on any atom is -0.487 e. The lowest BCUT2D eigenvalue weighted by atomic mass is 9.92. The molecule has 1 aliphatic rings. The van der Waals surface area contributed by atoms with E-state index in [9.17, 15) is 19.5 Å². The van der Waals surface area contributed by atoms with Gasteiger partial charge < -0.3 is 24.3 Å². The van der Waals surface area contributed by atoms with Gasteiger partial charge in [-0.3, -0.25) is 4.79 Å². The predicted molar refractivity (Wildman–Crippen MR) is 110 cm³/mol. The average molecular weight is 417 g/mol. The van der Waals surface area contributed by atoms with Gasteiger partial charge in [0.25, 0.3) is 5.91 Å². The first-order valence-electron chi connectivity index (χ1n) is 9.93. The molecular weight excluding hydrogens is 390 g/mol. The first kappa shape index (κ1) is 21.7. The highest BCUT2D eigenvalue weighted by molar-refractivity contribution is 5.92. The summed E-state index contributed by atoms with van der Waals surface area (Å²) in [5.41, 5.74) is 1.01. The normalized spacial score (nSPS) is 15.9. The Balaban J connectivity index is 1.95. The van der Waals surface area contributed by atoms with Crippen LogP contribution in [0.2, 0.25) is 0 Å². The molecule has 0 bridgehead atoms. The number of aryl methyl sites for hydroxylation is 2. The zero-order valence-corrected chi connectivity index (χ0v) is 17.8. The molecule has 2 heterocycles. The number of fused-ring (bicyclic) bond motifs is 3. The van der Waals surface area contributed by atoms with E-state index in [1.807, 2.05) is 13.8 Å². The molecule has 1 unspecified atom stereocenters. The van der Waals surface area contributed by atoms with E-state index < -0.39 is 23.5 Å². The Kier molecular flexibility index (Phi) is 5.78. The Morgan fingerprint density at radius 1 is 1.30 bits per heavy atom. The molecule has 3 rings (SSSR count). The molecule has 2 aromatic rings. The molecule has 0 aliphatic carbocycles. The number of carbonyl (C=O) groups excluding carboxylic acids is 1. The van der Waals surface area contributed by atoms with Crippen LogP contribution in [0.3, 0.4) is 0 Å². The number of ether oxygens (including phenoxy) is 2. The van der Waals surface area contributed by atoms with E-state index in [2.05, 4.69) is 5.32 Å². The van der Waals surface area contributed by atoms with Crippen LogP contribution >= 0.6 is 0 Å². The lowest BCUT2D eigenvalue weighted by Crippen LogP contribution is -2.46. The first-order valence-corrected chi connectivity index (χ1v) is 9.93. The Morgan fingerprint density at radius 2 is 2.00 bits per heavy atom. The van der Waals surface area contributed by atoms with Crippen molar-refractivity contribution >= 4 is 22.8 Å². The zero-order valence-electron chi connectivity index (χ0n) is 17.8. The van der Waals surface area contributed by atoms with Crippen LogP contribution < -0.4 is 20.4 Å². The fraction of sp³-hybridized carbons (Fsp3) is 0.500. The van der Waals surface area contributed by atoms with Crippen molar-refractivity contribution in [3.05, 3.63) is 33.7 Å². The number of benzene rings is 1. The van der Waals surface area contributed by atoms with E-state index in [1.54, 1.807) is 26.8 Å². The monoisotopic (exact) mass is 417 g/mol. The van der Waals surface area contributed by atoms with E-state index >= 15 is 0 Å². The lowest BCUT2D eigenvalue weighted by molar-refractivity contribution is -0.143. The molecule has 0 radical (unpaired) electrons. The van der Waals surface area contributed by atoms with Gasteiger partial charge in [-0.2, -0.15) is 0 Å². The highest BCUT2D eigenvalue weighted by atomic mass is 16.5. The summed E-state index contributed by atoms with van der Waals surface area (Å²) in [6.07, 6.45) is 1.45. The summed E-state index contributed by atoms with van der Waals surface area (Å²) in [5, 5.41) is 12.3. The molecule has 30 heavy (non-hydrogen) atoms. The highest BCUT2D eigenvalue weighted by Crippen LogP contribution is 2.42. The maximum absolute atomic E-state index is 12.3. The summed E-state index contributed by atoms with van der Waals surface area (Å²) in [6.45, 7) is 8.75. The number of carbonyl (C=O) groups is 2. The third-order valence-corrected chi connectivity index (χ3v) is 5.21. The molecule has 8 nitrogen and oxygen atoms in total. The van der Waals surface area contributed by atoms with Gasteiger partial charge in [0.15, 0.2) is 6.61 Å². The van der Waals surface area contributed by atoms with Crippen LogP contribution in [0.5, 0.6) is 11.5 Å². The van der Waals surface area contributed by atoms with Gasteiger partial charge >= 0.3 is 11.6 Å². The smallest absolute Gasteiger partial charge is 0.336 e. The molecule has 0 saturated carbocycles. The molecular formula is C22H27NO7. The van der Waals surface area contributed by atoms with Gasteiger partial charge in [0.1, 0.15) is 28.7 Å². The third kappa shape index (κ3) is 4.42. The van der Waals surface area contributed by atoms with Crippen LogP contribution in [0.25, 0.3) is 11.0 Å². The molecule has 1 aromatic heterocycles. The van der Waals surface area contributed by atoms with Gasteiger partial charge in [-0.1, -0.05) is 13.8 Å². The van der Waals surface area contributed by atoms with Crippen molar-refractivity contribution in [2.45, 2.75) is 59.1 Å². The van der Waals surface area contributed by atoms with Gasteiger partial charge in [0.2, 0.25) is 0 Å². The van der Waals surface area contributed by atoms with Gasteiger partial charge in [-0.05, 0) is 45.1 Å². The fourth-order valence-electron chi connectivity index (χ4n) is 3.61. The van der Waals surface area contributed by atoms with Crippen molar-refractivity contribution in [1.82, 2.24) is 5.32 Å². The van der Waals surface area contributed by atoms with E-state index in [0.717, 1.165) is 12.0 Å². The second kappa shape index (κ2) is 8.01. The predicted octanol–water partition coefficient (Wildman–Crippen LogP) is 2.81. The second-order valence-electron chi connectivity index (χ2n) is 8.58. The summed E-state index contributed by atoms with van der Waals surface area (Å²) in [4.78, 5) is 35.6. The quantitative estimate of drug-likeness (QED) is 0.695. The molecule has 162 valence electrons. The van der Waals surface area contributed by atoms with Crippen LogP contribution in [0.1, 0.15) is 45.2 Å². The minimum atomic E-state index is -1.11. The van der Waals surface area contributed by atoms with Crippen molar-refractivity contribution < 1.29 is 28.6 Å². The van der Waals surface area contributed by atoms with Crippen molar-refractivity contribution in [3.8, 4) is 11.5 Å². The maximum Gasteiger partial charge on any atom is 0.336 e. The van der Waals surface area contributed by atoms with Crippen LogP contribution in [0.15, 0.2) is 21.3 Å². The van der Waals surface area contributed by atoms with Crippen LogP contribution in [0.4, 0.5) is 0 Å². The Labute approximate surface area is 174 Å². The number of carboxylic acid groups (broad SMARTS) is 1. The largest absolute Gasteiger partial charge is 0.487 e. The Bertz CT molecular complexity index is 1050. The number of carboxylic acids is 1. The maximum atomic E-state index is 12.3. The summed E-state index contributed by atoms with van der Waals surface area (Å²) in [6, 6.07) is 2.06. The number of hydrogen-bond acceptors (Lipinski definition) is 6. The minimum absolute atomic E-state index is 0.275. The van der Waals surface area contributed by atoms with Gasteiger partial charge in [0.05, 0.1) is 5.39 Å². The van der Waals surface area contributed by atoms with Crippen molar-refractivity contribution in [1.29, 1.82) is 0 Å². The third-order valence-electron chi connectivity index (χ3n) is 5.21. The van der Waals surface area contributed by atoms with Crippen molar-refractivity contribution in [2.75, 3.05) is 6.61 Å². The van der Waals surface area contributed by atoms with Gasteiger partial charge in [-0.25, -0.2) is 9.59 Å². The highest BCUT2D eigenvalue weighted by Gasteiger charge is 2.31. The number of aliphatic carboxylic acids is 1. The number of rotatable bonds is 6. The second-order valence-corrected chi connectivity index (χ2v) is 8.58. The van der Waals surface area contributed by atoms with Crippen LogP contribution in [0, 0.1) is 12.8 Å². The van der Waals surface area contributed by atoms with E-state index in [4.69, 9.17) is 13.9 Å². The molecule has 0 saturated heterocycles. The summed E-state index contributed by atoms with van der Waals surface area (Å²) in [7, 11) is 0. The number of nitrogens with one attached hydrogen (secondary N) is 1. The van der Waals surface area contributed by atoms with Gasteiger partial charge in [-0.15, -0.1) is 0 Å². The molecule has 1 amide bonds.